The van der Waals surface area contributed by atoms with E-state index in [0.29, 0.717) is 19.3 Å². The SMILES string of the molecule is CC/C=C\C/C=C\C/C=C\C/C=C\CCCCC(=O)OC(COC(=O)CCCCCCC/C=C\C/C=C\CCCC)COC(=O)CCCCCCCCCCCCCCCCCCCCCCC. The monoisotopic (exact) mass is 949 g/mol. The van der Waals surface area contributed by atoms with E-state index >= 15 is 0 Å². The Morgan fingerprint density at radius 2 is 0.588 bits per heavy atom. The molecule has 1 unspecified atom stereocenters. The molecule has 0 spiro atoms. The van der Waals surface area contributed by atoms with Crippen LogP contribution in [-0.4, -0.2) is 37.2 Å². The number of allylic oxidation sites excluding steroid dienone is 12. The minimum Gasteiger partial charge on any atom is -0.462 e. The predicted molar refractivity (Wildman–Crippen MR) is 293 cm³/mol. The smallest absolute Gasteiger partial charge is 0.306 e. The first-order valence-electron chi connectivity index (χ1n) is 28.9. The lowest BCUT2D eigenvalue weighted by atomic mass is 10.0. The second kappa shape index (κ2) is 56.4. The summed E-state index contributed by atoms with van der Waals surface area (Å²) in [5, 5.41) is 0. The fraction of sp³-hybridized carbons (Fsp3) is 0.758. The molecule has 0 aromatic rings. The number of rotatable bonds is 52. The van der Waals surface area contributed by atoms with Crippen LogP contribution in [0.3, 0.4) is 0 Å². The van der Waals surface area contributed by atoms with Crippen molar-refractivity contribution in [3.8, 4) is 0 Å². The van der Waals surface area contributed by atoms with Gasteiger partial charge in [-0.05, 0) is 83.5 Å². The molecule has 392 valence electrons. The van der Waals surface area contributed by atoms with Crippen molar-refractivity contribution in [2.45, 2.75) is 290 Å². The average molecular weight is 950 g/mol. The number of esters is 3. The molecule has 0 aromatic carbocycles. The minimum atomic E-state index is -0.802. The number of ether oxygens (including phenoxy) is 3. The van der Waals surface area contributed by atoms with E-state index in [2.05, 4.69) is 93.7 Å². The van der Waals surface area contributed by atoms with E-state index in [4.69, 9.17) is 14.2 Å². The highest BCUT2D eigenvalue weighted by atomic mass is 16.6. The molecule has 0 saturated carbocycles. The van der Waals surface area contributed by atoms with Gasteiger partial charge in [-0.3, -0.25) is 14.4 Å². The normalized spacial score (nSPS) is 12.6. The Morgan fingerprint density at radius 3 is 0.971 bits per heavy atom. The highest BCUT2D eigenvalue weighted by Gasteiger charge is 2.19. The summed E-state index contributed by atoms with van der Waals surface area (Å²) in [7, 11) is 0. The van der Waals surface area contributed by atoms with Gasteiger partial charge in [0.25, 0.3) is 0 Å². The Bertz CT molecular complexity index is 1270. The summed E-state index contributed by atoms with van der Waals surface area (Å²) in [6.07, 6.45) is 71.9. The molecule has 68 heavy (non-hydrogen) atoms. The van der Waals surface area contributed by atoms with E-state index in [1.807, 2.05) is 0 Å². The van der Waals surface area contributed by atoms with Crippen LogP contribution >= 0.6 is 0 Å². The molecule has 0 rings (SSSR count). The van der Waals surface area contributed by atoms with E-state index in [1.165, 1.54) is 135 Å². The van der Waals surface area contributed by atoms with Crippen molar-refractivity contribution in [2.75, 3.05) is 13.2 Å². The van der Waals surface area contributed by atoms with Gasteiger partial charge in [0.05, 0.1) is 0 Å². The Labute approximate surface area is 421 Å². The summed E-state index contributed by atoms with van der Waals surface area (Å²) in [5.41, 5.74) is 0. The van der Waals surface area contributed by atoms with E-state index in [0.717, 1.165) is 103 Å². The van der Waals surface area contributed by atoms with Crippen LogP contribution in [0.4, 0.5) is 0 Å². The summed E-state index contributed by atoms with van der Waals surface area (Å²) >= 11 is 0. The van der Waals surface area contributed by atoms with Gasteiger partial charge in [0, 0.05) is 19.3 Å². The van der Waals surface area contributed by atoms with Gasteiger partial charge in [0.1, 0.15) is 13.2 Å². The maximum absolute atomic E-state index is 12.8. The first-order chi connectivity index (χ1) is 33.5. The third-order valence-corrected chi connectivity index (χ3v) is 12.4. The molecule has 0 bridgehead atoms. The van der Waals surface area contributed by atoms with Crippen molar-refractivity contribution >= 4 is 17.9 Å². The summed E-state index contributed by atoms with van der Waals surface area (Å²) in [4.78, 5) is 38.1. The van der Waals surface area contributed by atoms with E-state index < -0.39 is 6.10 Å². The largest absolute Gasteiger partial charge is 0.462 e. The molecule has 0 aliphatic heterocycles. The Morgan fingerprint density at radius 1 is 0.309 bits per heavy atom. The van der Waals surface area contributed by atoms with Crippen LogP contribution < -0.4 is 0 Å². The van der Waals surface area contributed by atoms with Crippen molar-refractivity contribution in [2.24, 2.45) is 0 Å². The lowest BCUT2D eigenvalue weighted by Crippen LogP contribution is -2.30. The van der Waals surface area contributed by atoms with Gasteiger partial charge < -0.3 is 14.2 Å². The molecule has 1 atom stereocenters. The Hall–Kier alpha value is -3.15. The van der Waals surface area contributed by atoms with Gasteiger partial charge in [-0.2, -0.15) is 0 Å². The van der Waals surface area contributed by atoms with Crippen LogP contribution in [0.15, 0.2) is 72.9 Å². The zero-order valence-electron chi connectivity index (χ0n) is 44.9. The van der Waals surface area contributed by atoms with Crippen LogP contribution in [-0.2, 0) is 28.6 Å². The number of hydrogen-bond donors (Lipinski definition) is 0. The fourth-order valence-corrected chi connectivity index (χ4v) is 8.10. The van der Waals surface area contributed by atoms with E-state index in [1.54, 1.807) is 0 Å². The quantitative estimate of drug-likeness (QED) is 0.0262. The third-order valence-electron chi connectivity index (χ3n) is 12.4. The van der Waals surface area contributed by atoms with Crippen molar-refractivity contribution in [1.29, 1.82) is 0 Å². The highest BCUT2D eigenvalue weighted by Crippen LogP contribution is 2.16. The molecule has 0 radical (unpaired) electrons. The average Bonchev–Trinajstić information content (AvgIpc) is 3.34. The molecular formula is C62H108O6. The molecule has 0 N–H and O–H groups in total. The molecule has 0 saturated heterocycles. The van der Waals surface area contributed by atoms with Gasteiger partial charge in [-0.25, -0.2) is 0 Å². The summed E-state index contributed by atoms with van der Waals surface area (Å²) in [6, 6.07) is 0. The van der Waals surface area contributed by atoms with Crippen LogP contribution in [0.5, 0.6) is 0 Å². The second-order valence-electron chi connectivity index (χ2n) is 19.2. The number of hydrogen-bond acceptors (Lipinski definition) is 6. The molecule has 0 amide bonds. The molecule has 0 heterocycles. The topological polar surface area (TPSA) is 78.9 Å². The van der Waals surface area contributed by atoms with Crippen LogP contribution in [0, 0.1) is 0 Å². The Balaban J connectivity index is 4.37. The van der Waals surface area contributed by atoms with Crippen molar-refractivity contribution in [3.05, 3.63) is 72.9 Å². The number of unbranched alkanes of at least 4 members (excludes halogenated alkanes) is 29. The molecule has 0 aliphatic rings. The minimum absolute atomic E-state index is 0.0946. The standard InChI is InChI=1S/C62H108O6/c1-4-7-10-13-16-19-22-25-28-29-30-31-32-33-35-37-40-43-46-49-52-55-61(64)67-58-59(57-66-60(63)54-51-48-45-42-39-36-27-24-21-18-15-12-9-6-3)68-62(65)56-53-50-47-44-41-38-34-26-23-20-17-14-11-8-5-2/h8,11,15,17-18,20,24,26-27,34,41,44,59H,4-7,9-10,12-14,16,19,21-23,25,28-33,35-40,42-43,45-58H2,1-3H3/b11-8-,18-15-,20-17-,27-24-,34-26-,44-41-. The van der Waals surface area contributed by atoms with Crippen LogP contribution in [0.2, 0.25) is 0 Å². The lowest BCUT2D eigenvalue weighted by Gasteiger charge is -2.18. The van der Waals surface area contributed by atoms with Gasteiger partial charge in [-0.15, -0.1) is 0 Å². The molecular weight excluding hydrogens is 841 g/mol. The van der Waals surface area contributed by atoms with Gasteiger partial charge >= 0.3 is 17.9 Å². The second-order valence-corrected chi connectivity index (χ2v) is 19.2. The highest BCUT2D eigenvalue weighted by molar-refractivity contribution is 5.71. The summed E-state index contributed by atoms with van der Waals surface area (Å²) < 4.78 is 16.8. The lowest BCUT2D eigenvalue weighted by molar-refractivity contribution is -0.167. The molecule has 0 aliphatic carbocycles. The Kier molecular flexibility index (Phi) is 53.8. The third kappa shape index (κ3) is 53.8. The molecule has 0 fully saturated rings. The van der Waals surface area contributed by atoms with Crippen molar-refractivity contribution in [3.63, 3.8) is 0 Å². The first kappa shape index (κ1) is 64.8. The van der Waals surface area contributed by atoms with Gasteiger partial charge in [0.15, 0.2) is 6.10 Å². The fourth-order valence-electron chi connectivity index (χ4n) is 8.10. The van der Waals surface area contributed by atoms with Crippen molar-refractivity contribution < 1.29 is 28.6 Å². The molecule has 6 heteroatoms. The van der Waals surface area contributed by atoms with Gasteiger partial charge in [-0.1, -0.05) is 254 Å². The summed E-state index contributed by atoms with van der Waals surface area (Å²) in [6.45, 7) is 6.46. The zero-order chi connectivity index (χ0) is 49.3. The number of carbonyl (C=O) groups is 3. The van der Waals surface area contributed by atoms with Gasteiger partial charge in [0.2, 0.25) is 0 Å². The van der Waals surface area contributed by atoms with Crippen LogP contribution in [0.25, 0.3) is 0 Å². The zero-order valence-corrected chi connectivity index (χ0v) is 44.9. The van der Waals surface area contributed by atoms with Crippen molar-refractivity contribution in [1.82, 2.24) is 0 Å². The van der Waals surface area contributed by atoms with Crippen LogP contribution in [0.1, 0.15) is 284 Å². The maximum Gasteiger partial charge on any atom is 0.306 e. The first-order valence-corrected chi connectivity index (χ1v) is 28.9. The number of carbonyl (C=O) groups excluding carboxylic acids is 3. The molecule has 6 nitrogen and oxygen atoms in total. The summed E-state index contributed by atoms with van der Waals surface area (Å²) in [5.74, 6) is -0.942. The van der Waals surface area contributed by atoms with E-state index in [9.17, 15) is 14.4 Å². The van der Waals surface area contributed by atoms with E-state index in [-0.39, 0.29) is 37.5 Å². The maximum atomic E-state index is 12.8. The predicted octanol–water partition coefficient (Wildman–Crippen LogP) is 19.4. The molecule has 0 aromatic heterocycles.